The van der Waals surface area contributed by atoms with Gasteiger partial charge in [-0.25, -0.2) is 4.79 Å². The molecule has 0 aromatic heterocycles. The van der Waals surface area contributed by atoms with Crippen LogP contribution in [0.25, 0.3) is 0 Å². The summed E-state index contributed by atoms with van der Waals surface area (Å²) in [5, 5.41) is 21.3. The van der Waals surface area contributed by atoms with Gasteiger partial charge >= 0.3 is 5.97 Å². The zero-order valence-electron chi connectivity index (χ0n) is 10.4. The summed E-state index contributed by atoms with van der Waals surface area (Å²) >= 11 is 5.15. The maximum absolute atomic E-state index is 12.2. The van der Waals surface area contributed by atoms with Crippen molar-refractivity contribution in [3.05, 3.63) is 55.6 Å². The molecule has 0 heterocycles. The molecule has 2 rings (SSSR count). The molecule has 0 aliphatic heterocycles. The van der Waals surface area contributed by atoms with Crippen molar-refractivity contribution in [1.29, 1.82) is 0 Å². The predicted molar refractivity (Wildman–Crippen MR) is 89.9 cm³/mol. The Hall–Kier alpha value is -1.61. The molecule has 0 atom stereocenters. The number of hydrogen-bond acceptors (Lipinski definition) is 3. The zero-order valence-corrected chi connectivity index (χ0v) is 14.2. The average Bonchev–Trinajstić information content (AvgIpc) is 2.43. The van der Waals surface area contributed by atoms with Crippen LogP contribution in [0.4, 0.5) is 5.69 Å². The number of benzene rings is 2. The first-order valence-corrected chi connectivity index (χ1v) is 7.59. The van der Waals surface area contributed by atoms with E-state index in [2.05, 4.69) is 21.2 Å². The van der Waals surface area contributed by atoms with Crippen LogP contribution in [0.2, 0.25) is 0 Å². The van der Waals surface area contributed by atoms with Gasteiger partial charge in [0.25, 0.3) is 5.91 Å². The smallest absolute Gasteiger partial charge is 0.337 e. The molecule has 0 saturated heterocycles. The summed E-state index contributed by atoms with van der Waals surface area (Å²) in [6, 6.07) is 9.08. The number of carbonyl (C=O) groups is 2. The van der Waals surface area contributed by atoms with Gasteiger partial charge in [-0.05, 0) is 68.9 Å². The average molecular weight is 462 g/mol. The number of carboxylic acid groups (broad SMARTS) is 1. The molecular formula is C14H9BrINO4. The number of hydrogen-bond donors (Lipinski definition) is 3. The molecule has 0 aliphatic carbocycles. The number of halogens is 2. The zero-order chi connectivity index (χ0) is 15.6. The number of amides is 1. The lowest BCUT2D eigenvalue weighted by molar-refractivity contribution is 0.0698. The molecule has 108 valence electrons. The molecule has 0 radical (unpaired) electrons. The number of phenols is 1. The van der Waals surface area contributed by atoms with E-state index in [4.69, 9.17) is 5.11 Å². The van der Waals surface area contributed by atoms with Crippen molar-refractivity contribution in [2.24, 2.45) is 0 Å². The third-order valence-electron chi connectivity index (χ3n) is 2.69. The standard InChI is InChI=1S/C14H9BrINO4/c15-9-3-1-2-8(14(20)21)12(9)17-13(19)7-4-5-10(16)11(18)6-7/h1-6,18H,(H,17,19)(H,20,21). The lowest BCUT2D eigenvalue weighted by Crippen LogP contribution is -2.15. The Morgan fingerprint density at radius 2 is 1.90 bits per heavy atom. The van der Waals surface area contributed by atoms with E-state index in [9.17, 15) is 14.7 Å². The molecule has 0 fully saturated rings. The molecule has 0 unspecified atom stereocenters. The Balaban J connectivity index is 2.36. The summed E-state index contributed by atoms with van der Waals surface area (Å²) in [6.07, 6.45) is 0. The van der Waals surface area contributed by atoms with Gasteiger partial charge in [-0.2, -0.15) is 0 Å². The van der Waals surface area contributed by atoms with Crippen molar-refractivity contribution in [1.82, 2.24) is 0 Å². The third-order valence-corrected chi connectivity index (χ3v) is 4.26. The number of para-hydroxylation sites is 1. The van der Waals surface area contributed by atoms with Gasteiger partial charge in [-0.15, -0.1) is 0 Å². The first-order chi connectivity index (χ1) is 9.90. The summed E-state index contributed by atoms with van der Waals surface area (Å²) in [5.41, 5.74) is 0.389. The van der Waals surface area contributed by atoms with Gasteiger partial charge in [0.1, 0.15) is 5.75 Å². The third kappa shape index (κ3) is 3.53. The number of aromatic carboxylic acids is 1. The van der Waals surface area contributed by atoms with Crippen molar-refractivity contribution < 1.29 is 19.8 Å². The minimum Gasteiger partial charge on any atom is -0.507 e. The number of carboxylic acids is 1. The second kappa shape index (κ2) is 6.44. The molecule has 1 amide bonds. The quantitative estimate of drug-likeness (QED) is 0.608. The molecule has 3 N–H and O–H groups in total. The van der Waals surface area contributed by atoms with Gasteiger partial charge in [0.2, 0.25) is 0 Å². The Labute approximate surface area is 142 Å². The van der Waals surface area contributed by atoms with Crippen LogP contribution >= 0.6 is 38.5 Å². The van der Waals surface area contributed by atoms with E-state index < -0.39 is 11.9 Å². The first kappa shape index (κ1) is 15.8. The van der Waals surface area contributed by atoms with Gasteiger partial charge in [0.05, 0.1) is 14.8 Å². The summed E-state index contributed by atoms with van der Waals surface area (Å²) in [5.74, 6) is -1.65. The highest BCUT2D eigenvalue weighted by Gasteiger charge is 2.16. The lowest BCUT2D eigenvalue weighted by Gasteiger charge is -2.11. The van der Waals surface area contributed by atoms with E-state index in [1.807, 2.05) is 22.6 Å². The van der Waals surface area contributed by atoms with E-state index in [-0.39, 0.29) is 22.6 Å². The highest BCUT2D eigenvalue weighted by atomic mass is 127. The number of aromatic hydroxyl groups is 1. The molecule has 2 aromatic carbocycles. The number of nitrogens with one attached hydrogen (secondary N) is 1. The van der Waals surface area contributed by atoms with Gasteiger partial charge in [-0.1, -0.05) is 6.07 Å². The lowest BCUT2D eigenvalue weighted by atomic mass is 10.1. The second-order valence-corrected chi connectivity index (χ2v) is 6.10. The van der Waals surface area contributed by atoms with E-state index in [0.29, 0.717) is 8.04 Å². The molecule has 0 saturated carbocycles. The molecule has 0 spiro atoms. The molecule has 0 bridgehead atoms. The van der Waals surface area contributed by atoms with Crippen LogP contribution in [0.3, 0.4) is 0 Å². The fraction of sp³-hybridized carbons (Fsp3) is 0. The predicted octanol–water partition coefficient (Wildman–Crippen LogP) is 3.71. The second-order valence-electron chi connectivity index (χ2n) is 4.09. The van der Waals surface area contributed by atoms with E-state index in [1.165, 1.54) is 12.1 Å². The Kier molecular flexibility index (Phi) is 4.84. The van der Waals surface area contributed by atoms with Crippen molar-refractivity contribution in [2.75, 3.05) is 5.32 Å². The van der Waals surface area contributed by atoms with Gasteiger partial charge in [0.15, 0.2) is 0 Å². The van der Waals surface area contributed by atoms with Crippen LogP contribution in [0, 0.1) is 3.57 Å². The summed E-state index contributed by atoms with van der Waals surface area (Å²) < 4.78 is 1.08. The number of phenolic OH excluding ortho intramolecular Hbond substituents is 1. The number of anilines is 1. The summed E-state index contributed by atoms with van der Waals surface area (Å²) in [7, 11) is 0. The van der Waals surface area contributed by atoms with Crippen LogP contribution in [0.1, 0.15) is 20.7 Å². The molecule has 0 aliphatic rings. The first-order valence-electron chi connectivity index (χ1n) is 5.72. The van der Waals surface area contributed by atoms with Gasteiger partial charge in [-0.3, -0.25) is 4.79 Å². The van der Waals surface area contributed by atoms with Crippen molar-refractivity contribution >= 4 is 56.1 Å². The van der Waals surface area contributed by atoms with Gasteiger partial charge < -0.3 is 15.5 Å². The van der Waals surface area contributed by atoms with Crippen LogP contribution in [0.5, 0.6) is 5.75 Å². The summed E-state index contributed by atoms with van der Waals surface area (Å²) in [6.45, 7) is 0. The fourth-order valence-electron chi connectivity index (χ4n) is 1.67. The number of rotatable bonds is 3. The van der Waals surface area contributed by atoms with E-state index in [0.717, 1.165) is 0 Å². The maximum Gasteiger partial charge on any atom is 0.337 e. The topological polar surface area (TPSA) is 86.6 Å². The molecule has 5 nitrogen and oxygen atoms in total. The fourth-order valence-corrected chi connectivity index (χ4v) is 2.47. The SMILES string of the molecule is O=C(Nc1c(Br)cccc1C(=O)O)c1ccc(I)c(O)c1. The van der Waals surface area contributed by atoms with E-state index in [1.54, 1.807) is 24.3 Å². The van der Waals surface area contributed by atoms with Crippen LogP contribution in [-0.2, 0) is 0 Å². The van der Waals surface area contributed by atoms with Crippen LogP contribution in [-0.4, -0.2) is 22.1 Å². The van der Waals surface area contributed by atoms with Crippen LogP contribution in [0.15, 0.2) is 40.9 Å². The summed E-state index contributed by atoms with van der Waals surface area (Å²) in [4.78, 5) is 23.3. The molecule has 7 heteroatoms. The van der Waals surface area contributed by atoms with Crippen molar-refractivity contribution in [2.45, 2.75) is 0 Å². The Morgan fingerprint density at radius 3 is 2.52 bits per heavy atom. The maximum atomic E-state index is 12.2. The van der Waals surface area contributed by atoms with Crippen molar-refractivity contribution in [3.8, 4) is 5.75 Å². The van der Waals surface area contributed by atoms with Gasteiger partial charge in [0, 0.05) is 10.0 Å². The Bertz CT molecular complexity index is 733. The normalized spacial score (nSPS) is 10.2. The number of carbonyl (C=O) groups excluding carboxylic acids is 1. The molecule has 2 aromatic rings. The Morgan fingerprint density at radius 1 is 1.19 bits per heavy atom. The van der Waals surface area contributed by atoms with Crippen molar-refractivity contribution in [3.63, 3.8) is 0 Å². The van der Waals surface area contributed by atoms with E-state index >= 15 is 0 Å². The molecule has 21 heavy (non-hydrogen) atoms. The largest absolute Gasteiger partial charge is 0.507 e. The molecular weight excluding hydrogens is 453 g/mol. The minimum atomic E-state index is -1.14. The monoisotopic (exact) mass is 461 g/mol. The highest BCUT2D eigenvalue weighted by Crippen LogP contribution is 2.28. The minimum absolute atomic E-state index is 0.00571. The van der Waals surface area contributed by atoms with Crippen LogP contribution < -0.4 is 5.32 Å². The highest BCUT2D eigenvalue weighted by molar-refractivity contribution is 14.1.